The first kappa shape index (κ1) is 14.9. The first-order chi connectivity index (χ1) is 12.1. The summed E-state index contributed by atoms with van der Waals surface area (Å²) in [6.45, 7) is 0. The van der Waals surface area contributed by atoms with Crippen molar-refractivity contribution in [2.24, 2.45) is 5.73 Å². The molecular weight excluding hydrogens is 321 g/mol. The van der Waals surface area contributed by atoms with Crippen LogP contribution in [0.5, 0.6) is 0 Å². The van der Waals surface area contributed by atoms with E-state index in [2.05, 4.69) is 15.0 Å². The van der Waals surface area contributed by atoms with Gasteiger partial charge in [-0.3, -0.25) is 14.3 Å². The number of aromatic nitrogens is 4. The highest BCUT2D eigenvalue weighted by molar-refractivity contribution is 5.93. The van der Waals surface area contributed by atoms with Crippen LogP contribution in [0.2, 0.25) is 0 Å². The van der Waals surface area contributed by atoms with Crippen molar-refractivity contribution >= 4 is 16.9 Å². The van der Waals surface area contributed by atoms with Gasteiger partial charge in [0.2, 0.25) is 5.91 Å². The van der Waals surface area contributed by atoms with Crippen LogP contribution in [0.4, 0.5) is 4.39 Å². The van der Waals surface area contributed by atoms with Gasteiger partial charge in [0.15, 0.2) is 5.82 Å². The molecule has 0 spiro atoms. The number of nitrogens with zero attached hydrogens (tertiary/aromatic N) is 4. The maximum Gasteiger partial charge on any atom is 0.248 e. The van der Waals surface area contributed by atoms with Gasteiger partial charge in [0.1, 0.15) is 17.7 Å². The molecule has 4 aromatic rings. The van der Waals surface area contributed by atoms with Crippen LogP contribution in [0, 0.1) is 5.82 Å². The van der Waals surface area contributed by atoms with Crippen LogP contribution in [-0.4, -0.2) is 25.4 Å². The molecule has 6 nitrogen and oxygen atoms in total. The molecule has 122 valence electrons. The number of fused-ring (bicyclic) bond motifs is 1. The number of primary amides is 1. The van der Waals surface area contributed by atoms with Gasteiger partial charge in [0.05, 0.1) is 5.52 Å². The first-order valence-electron chi connectivity index (χ1n) is 7.47. The van der Waals surface area contributed by atoms with E-state index < -0.39 is 11.7 Å². The zero-order valence-corrected chi connectivity index (χ0v) is 12.9. The summed E-state index contributed by atoms with van der Waals surface area (Å²) in [6.07, 6.45) is 6.13. The van der Waals surface area contributed by atoms with Crippen molar-refractivity contribution in [1.29, 1.82) is 0 Å². The molecule has 1 aromatic carbocycles. The Morgan fingerprint density at radius 2 is 1.84 bits per heavy atom. The van der Waals surface area contributed by atoms with E-state index in [1.165, 1.54) is 29.2 Å². The van der Waals surface area contributed by atoms with E-state index in [4.69, 9.17) is 5.73 Å². The smallest absolute Gasteiger partial charge is 0.248 e. The average Bonchev–Trinajstić information content (AvgIpc) is 3.08. The van der Waals surface area contributed by atoms with Gasteiger partial charge in [-0.1, -0.05) is 0 Å². The van der Waals surface area contributed by atoms with Crippen LogP contribution in [0.1, 0.15) is 10.4 Å². The van der Waals surface area contributed by atoms with E-state index in [1.807, 2.05) is 0 Å². The number of pyridine rings is 2. The molecule has 2 N–H and O–H groups in total. The minimum atomic E-state index is -0.578. The van der Waals surface area contributed by atoms with E-state index in [9.17, 15) is 4.79 Å². The van der Waals surface area contributed by atoms with Crippen LogP contribution in [0.3, 0.4) is 0 Å². The normalized spacial score (nSPS) is 10.9. The Hall–Kier alpha value is -3.61. The number of nitrogens with two attached hydrogens (primary N) is 1. The summed E-state index contributed by atoms with van der Waals surface area (Å²) in [5.41, 5.74) is 7.51. The summed E-state index contributed by atoms with van der Waals surface area (Å²) >= 11 is 0. The van der Waals surface area contributed by atoms with Crippen LogP contribution in [-0.2, 0) is 0 Å². The number of halogens is 1. The molecule has 0 saturated heterocycles. The van der Waals surface area contributed by atoms with Crippen molar-refractivity contribution in [3.8, 4) is 16.9 Å². The van der Waals surface area contributed by atoms with Crippen LogP contribution >= 0.6 is 0 Å². The summed E-state index contributed by atoms with van der Waals surface area (Å²) in [4.78, 5) is 23.7. The topological polar surface area (TPSA) is 86.7 Å². The standard InChI is InChI=1S/C18H12FN5O/c19-16-13(11-3-6-21-7-4-11)1-2-14-17(16)24(10-23-14)15-9-12(18(20)25)5-8-22-15/h1-10H,(H2,20,25). The fourth-order valence-corrected chi connectivity index (χ4v) is 2.70. The lowest BCUT2D eigenvalue weighted by Crippen LogP contribution is -2.12. The van der Waals surface area contributed by atoms with E-state index in [0.29, 0.717) is 22.5 Å². The zero-order chi connectivity index (χ0) is 17.4. The Bertz CT molecular complexity index is 1090. The summed E-state index contributed by atoms with van der Waals surface area (Å²) < 4.78 is 16.7. The summed E-state index contributed by atoms with van der Waals surface area (Å²) in [6, 6.07) is 9.89. The van der Waals surface area contributed by atoms with Crippen LogP contribution in [0.25, 0.3) is 28.0 Å². The Labute approximate surface area is 141 Å². The molecule has 25 heavy (non-hydrogen) atoms. The van der Waals surface area contributed by atoms with Gasteiger partial charge < -0.3 is 5.73 Å². The molecule has 0 fully saturated rings. The number of hydrogen-bond acceptors (Lipinski definition) is 4. The van der Waals surface area contributed by atoms with E-state index in [-0.39, 0.29) is 11.1 Å². The first-order valence-corrected chi connectivity index (χ1v) is 7.47. The van der Waals surface area contributed by atoms with Crippen molar-refractivity contribution in [2.75, 3.05) is 0 Å². The molecule has 1 amide bonds. The average molecular weight is 333 g/mol. The number of amides is 1. The van der Waals surface area contributed by atoms with Crippen molar-refractivity contribution in [3.63, 3.8) is 0 Å². The predicted molar refractivity (Wildman–Crippen MR) is 90.6 cm³/mol. The molecule has 0 atom stereocenters. The molecule has 0 aliphatic rings. The lowest BCUT2D eigenvalue weighted by Gasteiger charge is -2.08. The largest absolute Gasteiger partial charge is 0.366 e. The van der Waals surface area contributed by atoms with Gasteiger partial charge in [0, 0.05) is 29.7 Å². The third-order valence-corrected chi connectivity index (χ3v) is 3.92. The van der Waals surface area contributed by atoms with Crippen LogP contribution in [0.15, 0.2) is 61.3 Å². The molecule has 0 aliphatic heterocycles. The lowest BCUT2D eigenvalue weighted by atomic mass is 10.1. The monoisotopic (exact) mass is 333 g/mol. The number of carbonyl (C=O) groups is 1. The van der Waals surface area contributed by atoms with E-state index >= 15 is 4.39 Å². The number of rotatable bonds is 3. The molecule has 4 rings (SSSR count). The van der Waals surface area contributed by atoms with Gasteiger partial charge in [-0.2, -0.15) is 0 Å². The number of imidazole rings is 1. The number of hydrogen-bond donors (Lipinski definition) is 1. The second-order valence-electron chi connectivity index (χ2n) is 5.41. The van der Waals surface area contributed by atoms with Gasteiger partial charge >= 0.3 is 0 Å². The Morgan fingerprint density at radius 1 is 1.04 bits per heavy atom. The van der Waals surface area contributed by atoms with Gasteiger partial charge in [-0.15, -0.1) is 0 Å². The second kappa shape index (κ2) is 5.79. The molecule has 0 unspecified atom stereocenters. The van der Waals surface area contributed by atoms with Crippen molar-refractivity contribution in [3.05, 3.63) is 72.7 Å². The highest BCUT2D eigenvalue weighted by Gasteiger charge is 2.16. The summed E-state index contributed by atoms with van der Waals surface area (Å²) in [5, 5.41) is 0. The Morgan fingerprint density at radius 3 is 2.60 bits per heavy atom. The van der Waals surface area contributed by atoms with Crippen molar-refractivity contribution < 1.29 is 9.18 Å². The highest BCUT2D eigenvalue weighted by atomic mass is 19.1. The third kappa shape index (κ3) is 2.51. The predicted octanol–water partition coefficient (Wildman–Crippen LogP) is 2.72. The summed E-state index contributed by atoms with van der Waals surface area (Å²) in [7, 11) is 0. The SMILES string of the molecule is NC(=O)c1ccnc(-n2cnc3ccc(-c4ccncc4)c(F)c32)c1. The minimum Gasteiger partial charge on any atom is -0.366 e. The number of carbonyl (C=O) groups excluding carboxylic acids is 1. The van der Waals surface area contributed by atoms with Crippen LogP contribution < -0.4 is 5.73 Å². The highest BCUT2D eigenvalue weighted by Crippen LogP contribution is 2.29. The maximum atomic E-state index is 15.2. The molecule has 0 saturated carbocycles. The third-order valence-electron chi connectivity index (χ3n) is 3.92. The second-order valence-corrected chi connectivity index (χ2v) is 5.41. The molecule has 3 aromatic heterocycles. The summed E-state index contributed by atoms with van der Waals surface area (Å²) in [5.74, 6) is -0.636. The van der Waals surface area contributed by atoms with Gasteiger partial charge in [0.25, 0.3) is 0 Å². The molecule has 0 aliphatic carbocycles. The quantitative estimate of drug-likeness (QED) is 0.624. The van der Waals surface area contributed by atoms with E-state index in [0.717, 1.165) is 0 Å². The molecule has 7 heteroatoms. The Balaban J connectivity index is 1.95. The fraction of sp³-hybridized carbons (Fsp3) is 0. The molecule has 0 bridgehead atoms. The zero-order valence-electron chi connectivity index (χ0n) is 12.9. The molecule has 0 radical (unpaired) electrons. The number of benzene rings is 1. The van der Waals surface area contributed by atoms with Gasteiger partial charge in [-0.25, -0.2) is 14.4 Å². The fourth-order valence-electron chi connectivity index (χ4n) is 2.70. The maximum absolute atomic E-state index is 15.2. The molecule has 3 heterocycles. The van der Waals surface area contributed by atoms with Crippen molar-refractivity contribution in [1.82, 2.24) is 19.5 Å². The van der Waals surface area contributed by atoms with E-state index in [1.54, 1.807) is 36.7 Å². The minimum absolute atomic E-state index is 0.281. The van der Waals surface area contributed by atoms with Gasteiger partial charge in [-0.05, 0) is 42.0 Å². The lowest BCUT2D eigenvalue weighted by molar-refractivity contribution is 0.1000. The van der Waals surface area contributed by atoms with Crippen molar-refractivity contribution in [2.45, 2.75) is 0 Å². The Kier molecular flexibility index (Phi) is 3.46. The molecular formula is C18H12FN5O.